The minimum Gasteiger partial charge on any atom is -0.322 e. The molecule has 31 heavy (non-hydrogen) atoms. The average molecular weight is 448 g/mol. The summed E-state index contributed by atoms with van der Waals surface area (Å²) in [5.41, 5.74) is 8.95. The van der Waals surface area contributed by atoms with Gasteiger partial charge in [-0.25, -0.2) is 8.42 Å². The lowest BCUT2D eigenvalue weighted by molar-refractivity contribution is -0.136. The maximum atomic E-state index is 13.0. The fourth-order valence-corrected chi connectivity index (χ4v) is 5.65. The van der Waals surface area contributed by atoms with Gasteiger partial charge in [0.15, 0.2) is 9.84 Å². The van der Waals surface area contributed by atoms with E-state index in [9.17, 15) is 22.8 Å². The van der Waals surface area contributed by atoms with E-state index in [4.69, 9.17) is 5.53 Å². The quantitative estimate of drug-likeness (QED) is 0.192. The SMILES string of the molecule is [N-]=[N+]=NCCCCCCCS(=O)(=O)c1cccc2c1CN(C1CCC(=O)NC1=O)C2=O. The lowest BCUT2D eigenvalue weighted by atomic mass is 10.0. The zero-order valence-corrected chi connectivity index (χ0v) is 17.9. The molecule has 1 saturated heterocycles. The van der Waals surface area contributed by atoms with Crippen LogP contribution in [0.2, 0.25) is 0 Å². The zero-order chi connectivity index (χ0) is 22.4. The second-order valence-electron chi connectivity index (χ2n) is 7.72. The van der Waals surface area contributed by atoms with E-state index in [-0.39, 0.29) is 41.8 Å². The van der Waals surface area contributed by atoms with Crippen molar-refractivity contribution in [3.8, 4) is 0 Å². The van der Waals surface area contributed by atoms with Crippen molar-refractivity contribution in [2.75, 3.05) is 12.3 Å². The molecule has 1 N–H and O–H groups in total. The highest BCUT2D eigenvalue weighted by molar-refractivity contribution is 7.91. The van der Waals surface area contributed by atoms with Crippen molar-refractivity contribution in [1.29, 1.82) is 0 Å². The van der Waals surface area contributed by atoms with Crippen molar-refractivity contribution < 1.29 is 22.8 Å². The molecule has 0 spiro atoms. The van der Waals surface area contributed by atoms with Gasteiger partial charge >= 0.3 is 0 Å². The van der Waals surface area contributed by atoms with E-state index in [1.54, 1.807) is 12.1 Å². The van der Waals surface area contributed by atoms with Gasteiger partial charge in [0, 0.05) is 35.5 Å². The first-order chi connectivity index (χ1) is 14.8. The molecule has 10 nitrogen and oxygen atoms in total. The number of carbonyl (C=O) groups is 3. The predicted molar refractivity (Wildman–Crippen MR) is 112 cm³/mol. The maximum absolute atomic E-state index is 13.0. The number of piperidine rings is 1. The summed E-state index contributed by atoms with van der Waals surface area (Å²) in [6.45, 7) is 0.484. The smallest absolute Gasteiger partial charge is 0.255 e. The van der Waals surface area contributed by atoms with Gasteiger partial charge in [-0.15, -0.1) is 0 Å². The molecular weight excluding hydrogens is 422 g/mol. The van der Waals surface area contributed by atoms with E-state index in [0.29, 0.717) is 24.1 Å². The van der Waals surface area contributed by atoms with Crippen LogP contribution in [0.4, 0.5) is 0 Å². The molecule has 1 aromatic rings. The number of rotatable bonds is 10. The molecule has 0 bridgehead atoms. The highest BCUT2D eigenvalue weighted by atomic mass is 32.2. The van der Waals surface area contributed by atoms with E-state index in [1.807, 2.05) is 0 Å². The van der Waals surface area contributed by atoms with Gasteiger partial charge in [-0.2, -0.15) is 0 Å². The minimum atomic E-state index is -3.59. The van der Waals surface area contributed by atoms with Gasteiger partial charge in [-0.3, -0.25) is 19.7 Å². The number of hydrogen-bond acceptors (Lipinski definition) is 6. The first-order valence-electron chi connectivity index (χ1n) is 10.4. The number of fused-ring (bicyclic) bond motifs is 1. The van der Waals surface area contributed by atoms with Gasteiger partial charge in [0.05, 0.1) is 10.6 Å². The van der Waals surface area contributed by atoms with Crippen molar-refractivity contribution in [2.45, 2.75) is 62.4 Å². The highest BCUT2D eigenvalue weighted by Gasteiger charge is 2.40. The molecule has 2 heterocycles. The minimum absolute atomic E-state index is 0.0214. The summed E-state index contributed by atoms with van der Waals surface area (Å²) in [7, 11) is -3.59. The Kier molecular flexibility index (Phi) is 7.29. The van der Waals surface area contributed by atoms with E-state index in [1.165, 1.54) is 11.0 Å². The molecule has 0 radical (unpaired) electrons. The second kappa shape index (κ2) is 9.93. The van der Waals surface area contributed by atoms with Gasteiger partial charge in [-0.1, -0.05) is 30.4 Å². The standard InChI is InChI=1S/C20H25N5O5S/c21-24-22-11-4-2-1-3-5-12-31(29,30)17-8-6-7-14-15(17)13-25(20(14)28)16-9-10-18(26)23-19(16)27/h6-8,16H,1-5,9-13H2,(H,23,26,27). The van der Waals surface area contributed by atoms with Crippen LogP contribution in [0.15, 0.2) is 28.2 Å². The van der Waals surface area contributed by atoms with Crippen LogP contribution >= 0.6 is 0 Å². The number of benzene rings is 1. The number of imide groups is 1. The Labute approximate surface area is 180 Å². The van der Waals surface area contributed by atoms with Crippen molar-refractivity contribution in [2.24, 2.45) is 5.11 Å². The molecule has 1 atom stereocenters. The summed E-state index contributed by atoms with van der Waals surface area (Å²) < 4.78 is 25.9. The Morgan fingerprint density at radius 1 is 1.13 bits per heavy atom. The summed E-state index contributed by atoms with van der Waals surface area (Å²) in [4.78, 5) is 40.6. The molecule has 166 valence electrons. The van der Waals surface area contributed by atoms with Crippen LogP contribution in [-0.4, -0.2) is 49.4 Å². The number of azide groups is 1. The number of unbranched alkanes of at least 4 members (excludes halogenated alkanes) is 4. The molecule has 2 aliphatic rings. The summed E-state index contributed by atoms with van der Waals surface area (Å²) in [6.07, 6.45) is 4.11. The molecule has 2 aliphatic heterocycles. The van der Waals surface area contributed by atoms with Crippen molar-refractivity contribution in [1.82, 2.24) is 10.2 Å². The number of nitrogens with one attached hydrogen (secondary N) is 1. The number of amides is 3. The number of nitrogens with zero attached hydrogens (tertiary/aromatic N) is 4. The second-order valence-corrected chi connectivity index (χ2v) is 9.80. The predicted octanol–water partition coefficient (Wildman–Crippen LogP) is 2.48. The Morgan fingerprint density at radius 3 is 2.61 bits per heavy atom. The molecular formula is C20H25N5O5S. The molecule has 1 unspecified atom stereocenters. The van der Waals surface area contributed by atoms with E-state index < -0.39 is 21.8 Å². The third-order valence-corrected chi connectivity index (χ3v) is 7.49. The summed E-state index contributed by atoms with van der Waals surface area (Å²) in [5.74, 6) is -1.30. The summed E-state index contributed by atoms with van der Waals surface area (Å²) in [5, 5.41) is 5.71. The molecule has 3 amide bonds. The monoisotopic (exact) mass is 447 g/mol. The Morgan fingerprint density at radius 2 is 1.87 bits per heavy atom. The van der Waals surface area contributed by atoms with Gasteiger partial charge in [0.2, 0.25) is 11.8 Å². The Hall–Kier alpha value is -2.91. The third kappa shape index (κ3) is 5.23. The third-order valence-electron chi connectivity index (χ3n) is 5.61. The summed E-state index contributed by atoms with van der Waals surface area (Å²) in [6, 6.07) is 3.85. The van der Waals surface area contributed by atoms with Gasteiger partial charge in [-0.05, 0) is 36.9 Å². The Balaban J connectivity index is 1.64. The highest BCUT2D eigenvalue weighted by Crippen LogP contribution is 2.32. The summed E-state index contributed by atoms with van der Waals surface area (Å²) >= 11 is 0. The van der Waals surface area contributed by atoms with Crippen LogP contribution in [0.25, 0.3) is 10.4 Å². The van der Waals surface area contributed by atoms with Crippen LogP contribution in [0.5, 0.6) is 0 Å². The number of hydrogen-bond donors (Lipinski definition) is 1. The fourth-order valence-electron chi connectivity index (χ4n) is 4.01. The molecule has 1 aromatic carbocycles. The average Bonchev–Trinajstić information content (AvgIpc) is 3.06. The van der Waals surface area contributed by atoms with E-state index >= 15 is 0 Å². The molecule has 0 aliphatic carbocycles. The van der Waals surface area contributed by atoms with Crippen LogP contribution in [-0.2, 0) is 26.0 Å². The first kappa shape index (κ1) is 22.8. The van der Waals surface area contributed by atoms with Crippen molar-refractivity contribution in [3.05, 3.63) is 39.8 Å². The van der Waals surface area contributed by atoms with Crippen molar-refractivity contribution >= 4 is 27.6 Å². The van der Waals surface area contributed by atoms with Crippen LogP contribution in [0, 0.1) is 0 Å². The van der Waals surface area contributed by atoms with E-state index in [0.717, 1.165) is 25.7 Å². The first-order valence-corrected chi connectivity index (χ1v) is 12.0. The lowest BCUT2D eigenvalue weighted by Crippen LogP contribution is -2.52. The van der Waals surface area contributed by atoms with Gasteiger partial charge in [0.25, 0.3) is 5.91 Å². The lowest BCUT2D eigenvalue weighted by Gasteiger charge is -2.29. The number of sulfone groups is 1. The normalized spacial score (nSPS) is 18.5. The van der Waals surface area contributed by atoms with Gasteiger partial charge < -0.3 is 4.90 Å². The molecule has 1 fully saturated rings. The van der Waals surface area contributed by atoms with Crippen LogP contribution < -0.4 is 5.32 Å². The molecule has 0 saturated carbocycles. The van der Waals surface area contributed by atoms with Crippen LogP contribution in [0.3, 0.4) is 0 Å². The van der Waals surface area contributed by atoms with Crippen molar-refractivity contribution in [3.63, 3.8) is 0 Å². The fraction of sp³-hybridized carbons (Fsp3) is 0.550. The molecule has 3 rings (SSSR count). The zero-order valence-electron chi connectivity index (χ0n) is 17.1. The Bertz CT molecular complexity index is 1030. The maximum Gasteiger partial charge on any atom is 0.255 e. The van der Waals surface area contributed by atoms with Crippen LogP contribution in [0.1, 0.15) is 60.9 Å². The molecule has 0 aromatic heterocycles. The molecule has 11 heteroatoms. The topological polar surface area (TPSA) is 149 Å². The number of carbonyl (C=O) groups excluding carboxylic acids is 3. The van der Waals surface area contributed by atoms with Gasteiger partial charge in [0.1, 0.15) is 6.04 Å². The van der Waals surface area contributed by atoms with E-state index in [2.05, 4.69) is 15.3 Å². The largest absolute Gasteiger partial charge is 0.322 e.